The summed E-state index contributed by atoms with van der Waals surface area (Å²) in [6, 6.07) is 0. The van der Waals surface area contributed by atoms with E-state index in [4.69, 9.17) is 5.11 Å². The van der Waals surface area contributed by atoms with Crippen LogP contribution in [0.5, 0.6) is 0 Å². The van der Waals surface area contributed by atoms with Gasteiger partial charge in [-0.3, -0.25) is 0 Å². The maximum Gasteiger partial charge on any atom is 0.0459 e. The normalized spacial score (nSPS) is 11.2. The summed E-state index contributed by atoms with van der Waals surface area (Å²) in [4.78, 5) is 0. The predicted octanol–water partition coefficient (Wildman–Crippen LogP) is 6.84. The third kappa shape index (κ3) is 38.2. The zero-order valence-electron chi connectivity index (χ0n) is 22.6. The van der Waals surface area contributed by atoms with Gasteiger partial charge in [-0.15, -0.1) is 13.1 Å². The van der Waals surface area contributed by atoms with Crippen molar-refractivity contribution in [1.82, 2.24) is 0 Å². The Morgan fingerprint density at radius 1 is 0.531 bits per heavy atom. The van der Waals surface area contributed by atoms with E-state index >= 15 is 0 Å². The maximum absolute atomic E-state index is 8.75. The van der Waals surface area contributed by atoms with Crippen LogP contribution in [0.4, 0.5) is 0 Å². The standard InChI is InChI=1S/C20H42N.C8H18O.ClH.Ti/c1-3-5-7-9-11-13-15-17-19-21-20-18-16-14-12-10-8-6-4-2;1-3-5-6-8(4-2)7-9;;/h3-20H2,1-2H3;8-9H,3-7H2,1-2H3;1H;/q-1;;;/p-1. The van der Waals surface area contributed by atoms with Gasteiger partial charge in [0.2, 0.25) is 0 Å². The second kappa shape index (κ2) is 39.2. The Morgan fingerprint density at radius 2 is 0.875 bits per heavy atom. The van der Waals surface area contributed by atoms with Crippen molar-refractivity contribution in [2.75, 3.05) is 19.7 Å². The van der Waals surface area contributed by atoms with Crippen LogP contribution in [0.25, 0.3) is 5.32 Å². The molecule has 1 atom stereocenters. The van der Waals surface area contributed by atoms with Crippen molar-refractivity contribution in [1.29, 1.82) is 0 Å². The Bertz CT molecular complexity index is 260. The second-order valence-corrected chi connectivity index (χ2v) is 9.22. The van der Waals surface area contributed by atoms with Crippen LogP contribution in [0.15, 0.2) is 0 Å². The van der Waals surface area contributed by atoms with E-state index < -0.39 is 0 Å². The Hall–Kier alpha value is 0.924. The van der Waals surface area contributed by atoms with Crippen LogP contribution >= 0.6 is 0 Å². The SMILES string of the molecule is CCCCC(CC)CO.CCCCCCCCCC[N-]CCCCCCCCCC.[Cl-].[Ti]. The van der Waals surface area contributed by atoms with Crippen LogP contribution in [-0.2, 0) is 21.7 Å². The molecule has 0 saturated carbocycles. The molecule has 0 aliphatic carbocycles. The van der Waals surface area contributed by atoms with Crippen LogP contribution < -0.4 is 12.4 Å². The largest absolute Gasteiger partial charge is 1.00 e. The number of nitrogens with zero attached hydrogens (tertiary/aromatic N) is 1. The van der Waals surface area contributed by atoms with Crippen LogP contribution in [-0.4, -0.2) is 24.8 Å². The quantitative estimate of drug-likeness (QED) is 0.119. The van der Waals surface area contributed by atoms with Gasteiger partial charge in [-0.1, -0.05) is 150 Å². The van der Waals surface area contributed by atoms with Gasteiger partial charge in [-0.25, -0.2) is 0 Å². The Labute approximate surface area is 225 Å². The zero-order valence-corrected chi connectivity index (χ0v) is 24.9. The van der Waals surface area contributed by atoms with Crippen molar-refractivity contribution in [3.8, 4) is 0 Å². The first kappa shape index (κ1) is 40.1. The first-order chi connectivity index (χ1) is 14.8. The summed E-state index contributed by atoms with van der Waals surface area (Å²) in [6.45, 7) is 11.5. The Kier molecular flexibility index (Phi) is 49.1. The molecule has 32 heavy (non-hydrogen) atoms. The zero-order chi connectivity index (χ0) is 22.5. The topological polar surface area (TPSA) is 34.3 Å². The average molecular weight is 510 g/mol. The number of rotatable bonds is 23. The van der Waals surface area contributed by atoms with Gasteiger partial charge in [0, 0.05) is 28.3 Å². The van der Waals surface area contributed by atoms with Gasteiger partial charge in [0.1, 0.15) is 0 Å². The second-order valence-electron chi connectivity index (χ2n) is 9.22. The van der Waals surface area contributed by atoms with Crippen molar-refractivity contribution < 1.29 is 39.2 Å². The first-order valence-corrected chi connectivity index (χ1v) is 14.0. The van der Waals surface area contributed by atoms with Crippen LogP contribution in [0.3, 0.4) is 0 Å². The number of aliphatic hydroxyl groups excluding tert-OH is 1. The number of aliphatic hydroxyl groups is 1. The fourth-order valence-electron chi connectivity index (χ4n) is 3.74. The summed E-state index contributed by atoms with van der Waals surface area (Å²) in [5, 5.41) is 13.4. The molecule has 0 aliphatic rings. The Morgan fingerprint density at radius 3 is 1.19 bits per heavy atom. The van der Waals surface area contributed by atoms with E-state index in [0.717, 1.165) is 19.5 Å². The molecule has 0 heterocycles. The summed E-state index contributed by atoms with van der Waals surface area (Å²) < 4.78 is 0. The minimum absolute atomic E-state index is 0. The van der Waals surface area contributed by atoms with Gasteiger partial charge in [0.15, 0.2) is 0 Å². The first-order valence-electron chi connectivity index (χ1n) is 14.0. The van der Waals surface area contributed by atoms with E-state index in [-0.39, 0.29) is 34.1 Å². The van der Waals surface area contributed by atoms with Gasteiger partial charge < -0.3 is 22.8 Å². The van der Waals surface area contributed by atoms with Crippen molar-refractivity contribution >= 4 is 0 Å². The summed E-state index contributed by atoms with van der Waals surface area (Å²) in [7, 11) is 0. The fraction of sp³-hybridized carbons (Fsp3) is 1.00. The summed E-state index contributed by atoms with van der Waals surface area (Å²) in [5.74, 6) is 0.560. The third-order valence-electron chi connectivity index (χ3n) is 6.14. The van der Waals surface area contributed by atoms with Gasteiger partial charge in [0.25, 0.3) is 0 Å². The molecule has 0 fully saturated rings. The smallest absolute Gasteiger partial charge is 0.0459 e. The van der Waals surface area contributed by atoms with E-state index in [1.807, 2.05) is 0 Å². The Balaban J connectivity index is -0.000000303. The number of unbranched alkanes of at least 4 members (excludes halogenated alkanes) is 15. The molecule has 0 aromatic rings. The molecule has 0 saturated heterocycles. The monoisotopic (exact) mass is 509 g/mol. The predicted molar refractivity (Wildman–Crippen MR) is 139 cm³/mol. The molecular formula is C28H60ClNOTi-2. The van der Waals surface area contributed by atoms with E-state index in [9.17, 15) is 0 Å². The fourth-order valence-corrected chi connectivity index (χ4v) is 3.74. The molecular weight excluding hydrogens is 450 g/mol. The molecule has 4 heteroatoms. The van der Waals surface area contributed by atoms with E-state index in [2.05, 4.69) is 33.0 Å². The van der Waals surface area contributed by atoms with Crippen molar-refractivity contribution in [3.05, 3.63) is 5.32 Å². The van der Waals surface area contributed by atoms with Crippen molar-refractivity contribution in [3.63, 3.8) is 0 Å². The maximum atomic E-state index is 8.75. The van der Waals surface area contributed by atoms with Gasteiger partial charge in [0.05, 0.1) is 0 Å². The molecule has 2 nitrogen and oxygen atoms in total. The summed E-state index contributed by atoms with van der Waals surface area (Å²) >= 11 is 0. The molecule has 0 bridgehead atoms. The van der Waals surface area contributed by atoms with Crippen LogP contribution in [0, 0.1) is 5.92 Å². The molecule has 0 aromatic carbocycles. The minimum Gasteiger partial charge on any atom is -1.00 e. The average Bonchev–Trinajstić information content (AvgIpc) is 2.77. The van der Waals surface area contributed by atoms with E-state index in [1.165, 1.54) is 122 Å². The van der Waals surface area contributed by atoms with Crippen LogP contribution in [0.2, 0.25) is 0 Å². The number of hydrogen-bond donors (Lipinski definition) is 1. The number of hydrogen-bond acceptors (Lipinski definition) is 1. The third-order valence-corrected chi connectivity index (χ3v) is 6.14. The minimum atomic E-state index is 0. The molecule has 0 aromatic heterocycles. The van der Waals surface area contributed by atoms with Gasteiger partial charge >= 0.3 is 0 Å². The van der Waals surface area contributed by atoms with Crippen molar-refractivity contribution in [2.24, 2.45) is 5.92 Å². The molecule has 1 N–H and O–H groups in total. The van der Waals surface area contributed by atoms with Gasteiger partial charge in [-0.05, 0) is 12.3 Å². The summed E-state index contributed by atoms with van der Waals surface area (Å²) in [5.41, 5.74) is 0. The summed E-state index contributed by atoms with van der Waals surface area (Å²) in [6.07, 6.45) is 27.4. The van der Waals surface area contributed by atoms with Crippen LogP contribution in [0.1, 0.15) is 156 Å². The molecule has 0 radical (unpaired) electrons. The molecule has 196 valence electrons. The molecule has 0 aliphatic heterocycles. The molecule has 0 rings (SSSR count). The number of halogens is 1. The van der Waals surface area contributed by atoms with E-state index in [0.29, 0.717) is 12.5 Å². The van der Waals surface area contributed by atoms with E-state index in [1.54, 1.807) is 0 Å². The van der Waals surface area contributed by atoms with Crippen molar-refractivity contribution in [2.45, 2.75) is 156 Å². The van der Waals surface area contributed by atoms with Gasteiger partial charge in [-0.2, -0.15) is 0 Å². The molecule has 1 unspecified atom stereocenters. The molecule has 0 amide bonds. The molecule has 0 spiro atoms.